The minimum absolute atomic E-state index is 0.0949. The standard InChI is InChI=1S/C26H31F5N6O/c1-4-14(2)7-17-6-5-15(3)37(17)25(38)20-9-21-18(10-32-20)23(34-36(21)13-26(29,30)31)22-11-33-24-19(28)8-16(27)12-35(22)24/h8-12,14-15,17-18,21,25,38H,4-7,13H2,1-3H3. The average Bonchev–Trinajstić information content (AvgIpc) is 3.53. The Morgan fingerprint density at radius 1 is 1.21 bits per heavy atom. The molecule has 0 spiro atoms. The van der Waals surface area contributed by atoms with Crippen molar-refractivity contribution in [2.75, 3.05) is 6.54 Å². The van der Waals surface area contributed by atoms with Crippen molar-refractivity contribution < 1.29 is 27.1 Å². The van der Waals surface area contributed by atoms with Gasteiger partial charge >= 0.3 is 6.18 Å². The molecule has 3 aliphatic rings. The molecule has 2 aromatic heterocycles. The molecule has 5 heterocycles. The summed E-state index contributed by atoms with van der Waals surface area (Å²) in [7, 11) is 0. The van der Waals surface area contributed by atoms with Gasteiger partial charge in [-0.25, -0.2) is 13.8 Å². The van der Waals surface area contributed by atoms with E-state index in [0.717, 1.165) is 41.3 Å². The lowest BCUT2D eigenvalue weighted by atomic mass is 9.91. The minimum atomic E-state index is -4.55. The molecule has 12 heteroatoms. The van der Waals surface area contributed by atoms with Crippen molar-refractivity contribution in [3.63, 3.8) is 0 Å². The third-order valence-corrected chi connectivity index (χ3v) is 7.89. The van der Waals surface area contributed by atoms with E-state index in [1.165, 1.54) is 18.5 Å². The van der Waals surface area contributed by atoms with Crippen LogP contribution in [0.15, 0.2) is 40.3 Å². The fourth-order valence-corrected chi connectivity index (χ4v) is 5.81. The number of pyridine rings is 1. The highest BCUT2D eigenvalue weighted by molar-refractivity contribution is 6.11. The number of likely N-dealkylation sites (tertiary alicyclic amines) is 1. The van der Waals surface area contributed by atoms with Crippen LogP contribution in [0.1, 0.15) is 52.1 Å². The first-order chi connectivity index (χ1) is 18.0. The maximum absolute atomic E-state index is 14.2. The third kappa shape index (κ3) is 4.95. The van der Waals surface area contributed by atoms with Gasteiger partial charge in [-0.05, 0) is 38.2 Å². The van der Waals surface area contributed by atoms with E-state index in [1.807, 2.05) is 11.8 Å². The number of hydrazone groups is 1. The van der Waals surface area contributed by atoms with Crippen LogP contribution in [0.3, 0.4) is 0 Å². The molecular weight excluding hydrogens is 507 g/mol. The highest BCUT2D eigenvalue weighted by atomic mass is 19.4. The number of alkyl halides is 3. The number of aromatic nitrogens is 2. The highest BCUT2D eigenvalue weighted by Gasteiger charge is 2.45. The summed E-state index contributed by atoms with van der Waals surface area (Å²) in [5.74, 6) is -2.01. The second kappa shape index (κ2) is 10.0. The molecule has 6 atom stereocenters. The molecule has 2 aromatic rings. The Bertz CT molecular complexity index is 1290. The van der Waals surface area contributed by atoms with Crippen molar-refractivity contribution >= 4 is 17.6 Å². The van der Waals surface area contributed by atoms with Gasteiger partial charge in [-0.15, -0.1) is 0 Å². The second-order valence-electron chi connectivity index (χ2n) is 10.6. The molecule has 0 amide bonds. The van der Waals surface area contributed by atoms with Crippen molar-refractivity contribution in [1.82, 2.24) is 19.3 Å². The van der Waals surface area contributed by atoms with Crippen molar-refractivity contribution in [2.24, 2.45) is 21.9 Å². The summed E-state index contributed by atoms with van der Waals surface area (Å²) >= 11 is 0. The smallest absolute Gasteiger partial charge is 0.372 e. The quantitative estimate of drug-likeness (QED) is 0.517. The van der Waals surface area contributed by atoms with Crippen LogP contribution in [0.25, 0.3) is 5.65 Å². The Hall–Kier alpha value is -2.86. The second-order valence-corrected chi connectivity index (χ2v) is 10.6. The topological polar surface area (TPSA) is 68.7 Å². The van der Waals surface area contributed by atoms with Crippen LogP contribution in [0, 0.1) is 23.5 Å². The molecule has 1 N–H and O–H groups in total. The Morgan fingerprint density at radius 2 is 1.97 bits per heavy atom. The number of fused-ring (bicyclic) bond motifs is 2. The zero-order chi connectivity index (χ0) is 27.4. The number of rotatable bonds is 7. The number of nitrogens with zero attached hydrogens (tertiary/aromatic N) is 6. The van der Waals surface area contributed by atoms with Crippen LogP contribution in [-0.4, -0.2) is 73.4 Å². The monoisotopic (exact) mass is 538 g/mol. The molecule has 0 aliphatic carbocycles. The van der Waals surface area contributed by atoms with E-state index in [9.17, 15) is 27.1 Å². The van der Waals surface area contributed by atoms with Crippen molar-refractivity contribution in [3.05, 3.63) is 47.6 Å². The van der Waals surface area contributed by atoms with Gasteiger partial charge in [0.15, 0.2) is 17.7 Å². The van der Waals surface area contributed by atoms with E-state index in [0.29, 0.717) is 12.0 Å². The van der Waals surface area contributed by atoms with Gasteiger partial charge < -0.3 is 5.11 Å². The Morgan fingerprint density at radius 3 is 2.68 bits per heavy atom. The van der Waals surface area contributed by atoms with Crippen LogP contribution in [-0.2, 0) is 0 Å². The van der Waals surface area contributed by atoms with E-state index >= 15 is 0 Å². The maximum atomic E-state index is 14.2. The summed E-state index contributed by atoms with van der Waals surface area (Å²) < 4.78 is 69.9. The number of aliphatic hydroxyl groups is 1. The summed E-state index contributed by atoms with van der Waals surface area (Å²) in [5, 5.41) is 16.5. The van der Waals surface area contributed by atoms with Crippen LogP contribution in [0.4, 0.5) is 22.0 Å². The molecule has 5 rings (SSSR count). The molecule has 3 aliphatic heterocycles. The van der Waals surface area contributed by atoms with Crippen LogP contribution in [0.5, 0.6) is 0 Å². The normalized spacial score (nSPS) is 27.6. The number of aliphatic imine (C=N–C) groups is 1. The lowest BCUT2D eigenvalue weighted by molar-refractivity contribution is -0.148. The molecule has 0 bridgehead atoms. The SMILES string of the molecule is CCC(C)CC1CCC(C)N1C(O)C1=CC2C(C=N1)C(c1cnc3c(F)cc(F)cn13)=NN2CC(F)(F)F. The third-order valence-electron chi connectivity index (χ3n) is 7.89. The van der Waals surface area contributed by atoms with Gasteiger partial charge in [0, 0.05) is 30.6 Å². The first-order valence-electron chi connectivity index (χ1n) is 12.9. The number of imidazole rings is 1. The van der Waals surface area contributed by atoms with E-state index in [2.05, 4.69) is 28.9 Å². The van der Waals surface area contributed by atoms with Gasteiger partial charge in [0.1, 0.15) is 12.4 Å². The van der Waals surface area contributed by atoms with Crippen molar-refractivity contribution in [2.45, 2.75) is 77.0 Å². The van der Waals surface area contributed by atoms with E-state index in [1.54, 1.807) is 0 Å². The summed E-state index contributed by atoms with van der Waals surface area (Å²) in [6, 6.07) is 0.0442. The van der Waals surface area contributed by atoms with Gasteiger partial charge in [-0.2, -0.15) is 18.3 Å². The predicted molar refractivity (Wildman–Crippen MR) is 133 cm³/mol. The Labute approximate surface area is 217 Å². The number of aliphatic hydroxyl groups excluding tert-OH is 1. The van der Waals surface area contributed by atoms with Gasteiger partial charge in [0.25, 0.3) is 0 Å². The van der Waals surface area contributed by atoms with Crippen LogP contribution < -0.4 is 0 Å². The summed E-state index contributed by atoms with van der Waals surface area (Å²) in [5.41, 5.74) is 0.441. The van der Waals surface area contributed by atoms with E-state index in [-0.39, 0.29) is 34.8 Å². The van der Waals surface area contributed by atoms with Gasteiger partial charge in [0.2, 0.25) is 0 Å². The fourth-order valence-electron chi connectivity index (χ4n) is 5.81. The summed E-state index contributed by atoms with van der Waals surface area (Å²) in [6.07, 6.45) is 3.43. The average molecular weight is 539 g/mol. The summed E-state index contributed by atoms with van der Waals surface area (Å²) in [6.45, 7) is 4.99. The van der Waals surface area contributed by atoms with E-state index < -0.39 is 42.5 Å². The van der Waals surface area contributed by atoms with Gasteiger partial charge in [-0.1, -0.05) is 20.3 Å². The number of hydrogen-bond acceptors (Lipinski definition) is 6. The fraction of sp³-hybridized carbons (Fsp3) is 0.577. The molecule has 6 unspecified atom stereocenters. The van der Waals surface area contributed by atoms with Crippen molar-refractivity contribution in [3.8, 4) is 0 Å². The Kier molecular flexibility index (Phi) is 7.06. The lowest BCUT2D eigenvalue weighted by Crippen LogP contribution is -2.46. The van der Waals surface area contributed by atoms with Gasteiger partial charge in [0.05, 0.1) is 35.3 Å². The number of hydrogen-bond donors (Lipinski definition) is 1. The molecule has 206 valence electrons. The molecule has 0 aromatic carbocycles. The molecular formula is C26H31F5N6O. The first kappa shape index (κ1) is 26.7. The van der Waals surface area contributed by atoms with E-state index in [4.69, 9.17) is 0 Å². The first-order valence-corrected chi connectivity index (χ1v) is 12.9. The minimum Gasteiger partial charge on any atom is -0.372 e. The maximum Gasteiger partial charge on any atom is 0.407 e. The molecule has 1 fully saturated rings. The molecule has 0 radical (unpaired) electrons. The van der Waals surface area contributed by atoms with Gasteiger partial charge in [-0.3, -0.25) is 19.3 Å². The van der Waals surface area contributed by atoms with Crippen molar-refractivity contribution in [1.29, 1.82) is 0 Å². The molecule has 0 saturated carbocycles. The number of halogens is 5. The largest absolute Gasteiger partial charge is 0.407 e. The summed E-state index contributed by atoms with van der Waals surface area (Å²) in [4.78, 5) is 10.5. The predicted octanol–water partition coefficient (Wildman–Crippen LogP) is 4.76. The highest BCUT2D eigenvalue weighted by Crippen LogP contribution is 2.37. The van der Waals surface area contributed by atoms with Crippen LogP contribution >= 0.6 is 0 Å². The molecule has 1 saturated heterocycles. The zero-order valence-corrected chi connectivity index (χ0v) is 21.4. The lowest BCUT2D eigenvalue weighted by Gasteiger charge is -2.36. The Balaban J connectivity index is 1.48. The van der Waals surface area contributed by atoms with Crippen LogP contribution in [0.2, 0.25) is 0 Å². The molecule has 7 nitrogen and oxygen atoms in total. The zero-order valence-electron chi connectivity index (χ0n) is 21.4. The molecule has 38 heavy (non-hydrogen) atoms.